The Bertz CT molecular complexity index is 735. The number of rotatable bonds is 5. The van der Waals surface area contributed by atoms with E-state index in [1.807, 2.05) is 26.0 Å². The van der Waals surface area contributed by atoms with Crippen molar-refractivity contribution in [1.82, 2.24) is 5.32 Å². The molecule has 1 aromatic carbocycles. The van der Waals surface area contributed by atoms with Crippen molar-refractivity contribution >= 4 is 11.7 Å². The highest BCUT2D eigenvalue weighted by Crippen LogP contribution is 2.27. The summed E-state index contributed by atoms with van der Waals surface area (Å²) in [5.74, 6) is 1.94. The van der Waals surface area contributed by atoms with Crippen LogP contribution in [-0.2, 0) is 5.60 Å². The minimum Gasteiger partial charge on any atom is -0.495 e. The number of urea groups is 1. The van der Waals surface area contributed by atoms with Gasteiger partial charge in [-0.2, -0.15) is 0 Å². The number of carbonyl (C=O) groups excluding carboxylic acids is 1. The van der Waals surface area contributed by atoms with E-state index in [1.54, 1.807) is 33.1 Å². The van der Waals surface area contributed by atoms with Crippen LogP contribution in [0.5, 0.6) is 5.75 Å². The lowest BCUT2D eigenvalue weighted by atomic mass is 9.96. The Morgan fingerprint density at radius 2 is 2.00 bits per heavy atom. The van der Waals surface area contributed by atoms with Crippen LogP contribution < -0.4 is 15.4 Å². The van der Waals surface area contributed by atoms with Gasteiger partial charge >= 0.3 is 6.03 Å². The van der Waals surface area contributed by atoms with Gasteiger partial charge in [-0.1, -0.05) is 6.07 Å². The number of carbonyl (C=O) groups is 1. The quantitative estimate of drug-likeness (QED) is 0.785. The van der Waals surface area contributed by atoms with Gasteiger partial charge < -0.3 is 24.9 Å². The Kier molecular flexibility index (Phi) is 5.19. The zero-order valence-corrected chi connectivity index (χ0v) is 14.7. The minimum atomic E-state index is -1.23. The SMILES string of the molecule is COc1cc(C)ccc1NC(=O)NCC(C)(O)c1cc(C)oc1C. The van der Waals surface area contributed by atoms with E-state index in [9.17, 15) is 9.90 Å². The summed E-state index contributed by atoms with van der Waals surface area (Å²) in [4.78, 5) is 12.1. The van der Waals surface area contributed by atoms with Crippen LogP contribution >= 0.6 is 0 Å². The fraction of sp³-hybridized carbons (Fsp3) is 0.389. The molecule has 6 heteroatoms. The second kappa shape index (κ2) is 6.97. The number of aliphatic hydroxyl groups is 1. The van der Waals surface area contributed by atoms with Gasteiger partial charge in [0.15, 0.2) is 0 Å². The van der Waals surface area contributed by atoms with Gasteiger partial charge in [-0.15, -0.1) is 0 Å². The molecule has 2 amide bonds. The molecule has 6 nitrogen and oxygen atoms in total. The summed E-state index contributed by atoms with van der Waals surface area (Å²) in [5.41, 5.74) is 1.03. The maximum Gasteiger partial charge on any atom is 0.319 e. The van der Waals surface area contributed by atoms with Gasteiger partial charge in [0, 0.05) is 5.56 Å². The first-order valence-corrected chi connectivity index (χ1v) is 7.72. The molecule has 1 atom stereocenters. The molecule has 0 spiro atoms. The lowest BCUT2D eigenvalue weighted by molar-refractivity contribution is 0.0584. The van der Waals surface area contributed by atoms with Crippen LogP contribution in [0.3, 0.4) is 0 Å². The summed E-state index contributed by atoms with van der Waals surface area (Å²) < 4.78 is 10.7. The van der Waals surface area contributed by atoms with E-state index in [4.69, 9.17) is 9.15 Å². The normalized spacial score (nSPS) is 13.2. The first-order valence-electron chi connectivity index (χ1n) is 7.72. The van der Waals surface area contributed by atoms with E-state index >= 15 is 0 Å². The fourth-order valence-corrected chi connectivity index (χ4v) is 2.58. The molecule has 1 heterocycles. The molecule has 2 aromatic rings. The van der Waals surface area contributed by atoms with Crippen LogP contribution in [0.25, 0.3) is 0 Å². The maximum absolute atomic E-state index is 12.1. The van der Waals surface area contributed by atoms with E-state index in [0.717, 1.165) is 11.3 Å². The van der Waals surface area contributed by atoms with Crippen molar-refractivity contribution in [1.29, 1.82) is 0 Å². The Morgan fingerprint density at radius 3 is 2.58 bits per heavy atom. The van der Waals surface area contributed by atoms with Gasteiger partial charge in [0.05, 0.1) is 19.3 Å². The monoisotopic (exact) mass is 332 g/mol. The number of anilines is 1. The summed E-state index contributed by atoms with van der Waals surface area (Å²) in [7, 11) is 1.55. The average Bonchev–Trinajstić information content (AvgIpc) is 2.86. The molecule has 0 aliphatic carbocycles. The molecular weight excluding hydrogens is 308 g/mol. The van der Waals surface area contributed by atoms with Crippen LogP contribution in [0, 0.1) is 20.8 Å². The third-order valence-electron chi connectivity index (χ3n) is 3.82. The van der Waals surface area contributed by atoms with E-state index in [1.165, 1.54) is 0 Å². The van der Waals surface area contributed by atoms with Crippen molar-refractivity contribution < 1.29 is 19.1 Å². The first kappa shape index (κ1) is 17.9. The van der Waals surface area contributed by atoms with Crippen molar-refractivity contribution in [3.8, 4) is 5.75 Å². The number of methoxy groups -OCH3 is 1. The zero-order valence-electron chi connectivity index (χ0n) is 14.7. The average molecular weight is 332 g/mol. The van der Waals surface area contributed by atoms with Crippen molar-refractivity contribution in [3.63, 3.8) is 0 Å². The molecule has 2 rings (SSSR count). The van der Waals surface area contributed by atoms with E-state index in [0.29, 0.717) is 22.8 Å². The summed E-state index contributed by atoms with van der Waals surface area (Å²) >= 11 is 0. The van der Waals surface area contributed by atoms with Gasteiger partial charge in [0.1, 0.15) is 22.9 Å². The number of furan rings is 1. The van der Waals surface area contributed by atoms with E-state index < -0.39 is 11.6 Å². The van der Waals surface area contributed by atoms with Crippen molar-refractivity contribution in [2.75, 3.05) is 19.0 Å². The summed E-state index contributed by atoms with van der Waals surface area (Å²) in [6, 6.07) is 6.85. The number of hydrogen-bond acceptors (Lipinski definition) is 4. The highest BCUT2D eigenvalue weighted by atomic mass is 16.5. The molecular formula is C18H24N2O4. The highest BCUT2D eigenvalue weighted by molar-refractivity contribution is 5.91. The first-order chi connectivity index (χ1) is 11.2. The van der Waals surface area contributed by atoms with Gasteiger partial charge in [-0.3, -0.25) is 0 Å². The number of amides is 2. The summed E-state index contributed by atoms with van der Waals surface area (Å²) in [5, 5.41) is 16.0. The standard InChI is InChI=1S/C18H24N2O4/c1-11-6-7-15(16(8-11)23-5)20-17(21)19-10-18(4,22)14-9-12(2)24-13(14)3/h6-9,22H,10H2,1-5H3,(H2,19,20,21). The van der Waals surface area contributed by atoms with Crippen LogP contribution in [0.4, 0.5) is 10.5 Å². The molecule has 24 heavy (non-hydrogen) atoms. The largest absolute Gasteiger partial charge is 0.495 e. The molecule has 0 saturated carbocycles. The summed E-state index contributed by atoms with van der Waals surface area (Å²) in [6.45, 7) is 7.23. The lowest BCUT2D eigenvalue weighted by Crippen LogP contribution is -2.40. The topological polar surface area (TPSA) is 83.7 Å². The van der Waals surface area contributed by atoms with Crippen molar-refractivity contribution in [2.45, 2.75) is 33.3 Å². The van der Waals surface area contributed by atoms with Gasteiger partial charge in [0.25, 0.3) is 0 Å². The second-order valence-electron chi connectivity index (χ2n) is 6.11. The van der Waals surface area contributed by atoms with Crippen molar-refractivity contribution in [2.24, 2.45) is 0 Å². The number of benzene rings is 1. The highest BCUT2D eigenvalue weighted by Gasteiger charge is 2.28. The predicted octanol–water partition coefficient (Wildman–Crippen LogP) is 3.24. The number of nitrogens with one attached hydrogen (secondary N) is 2. The minimum absolute atomic E-state index is 0.0484. The van der Waals surface area contributed by atoms with Gasteiger partial charge in [-0.05, 0) is 51.5 Å². The van der Waals surface area contributed by atoms with Crippen LogP contribution in [0.15, 0.2) is 28.7 Å². The van der Waals surface area contributed by atoms with E-state index in [2.05, 4.69) is 10.6 Å². The molecule has 1 unspecified atom stereocenters. The third kappa shape index (κ3) is 4.08. The molecule has 0 bridgehead atoms. The Morgan fingerprint density at radius 1 is 1.29 bits per heavy atom. The Hall–Kier alpha value is -2.47. The van der Waals surface area contributed by atoms with Gasteiger partial charge in [0.2, 0.25) is 0 Å². The molecule has 0 saturated heterocycles. The maximum atomic E-state index is 12.1. The van der Waals surface area contributed by atoms with Crippen LogP contribution in [-0.4, -0.2) is 24.8 Å². The molecule has 0 aliphatic rings. The third-order valence-corrected chi connectivity index (χ3v) is 3.82. The van der Waals surface area contributed by atoms with Crippen LogP contribution in [0.2, 0.25) is 0 Å². The Labute approximate surface area is 141 Å². The fourth-order valence-electron chi connectivity index (χ4n) is 2.58. The smallest absolute Gasteiger partial charge is 0.319 e. The lowest BCUT2D eigenvalue weighted by Gasteiger charge is -2.23. The zero-order chi connectivity index (χ0) is 17.9. The van der Waals surface area contributed by atoms with Gasteiger partial charge in [-0.25, -0.2) is 4.79 Å². The molecule has 0 radical (unpaired) electrons. The Balaban J connectivity index is 2.02. The second-order valence-corrected chi connectivity index (χ2v) is 6.11. The van der Waals surface area contributed by atoms with E-state index in [-0.39, 0.29) is 6.54 Å². The molecule has 130 valence electrons. The summed E-state index contributed by atoms with van der Waals surface area (Å²) in [6.07, 6.45) is 0. The number of ether oxygens (including phenoxy) is 1. The predicted molar refractivity (Wildman–Crippen MR) is 92.5 cm³/mol. The molecule has 3 N–H and O–H groups in total. The van der Waals surface area contributed by atoms with Crippen LogP contribution in [0.1, 0.15) is 29.6 Å². The number of hydrogen-bond donors (Lipinski definition) is 3. The molecule has 0 fully saturated rings. The molecule has 1 aromatic heterocycles. The number of aryl methyl sites for hydroxylation is 3. The molecule has 0 aliphatic heterocycles. The van der Waals surface area contributed by atoms with Crippen molar-refractivity contribution in [3.05, 3.63) is 46.9 Å².